The molecule has 1 aromatic rings. The fraction of sp³-hybridized carbons (Fsp3) is 0.438. The summed E-state index contributed by atoms with van der Waals surface area (Å²) in [7, 11) is 0. The van der Waals surface area contributed by atoms with E-state index in [2.05, 4.69) is 4.90 Å². The molecule has 2 saturated heterocycles. The van der Waals surface area contributed by atoms with Gasteiger partial charge in [-0.1, -0.05) is 24.0 Å². The number of anilines is 1. The number of furan rings is 1. The Hall–Kier alpha value is -1.84. The number of nitrogens with zero attached hydrogens (tertiary/aromatic N) is 2. The van der Waals surface area contributed by atoms with Gasteiger partial charge in [-0.05, 0) is 12.5 Å². The quantitative estimate of drug-likeness (QED) is 0.592. The van der Waals surface area contributed by atoms with Crippen molar-refractivity contribution in [2.24, 2.45) is 0 Å². The molecule has 25 heavy (non-hydrogen) atoms. The Labute approximate surface area is 154 Å². The molecular formula is C16H18N2O5S2. The molecule has 3 heterocycles. The van der Waals surface area contributed by atoms with Gasteiger partial charge in [-0.3, -0.25) is 14.5 Å². The van der Waals surface area contributed by atoms with Crippen LogP contribution in [0.25, 0.3) is 6.08 Å². The zero-order valence-electron chi connectivity index (χ0n) is 13.5. The molecule has 0 spiro atoms. The van der Waals surface area contributed by atoms with E-state index in [1.54, 1.807) is 6.08 Å². The summed E-state index contributed by atoms with van der Waals surface area (Å²) in [6.45, 7) is 3.21. The van der Waals surface area contributed by atoms with E-state index in [9.17, 15) is 9.59 Å². The maximum absolute atomic E-state index is 12.4. The number of morpholine rings is 1. The topological polar surface area (TPSA) is 83.2 Å². The average molecular weight is 382 g/mol. The highest BCUT2D eigenvalue weighted by Gasteiger charge is 2.32. The third kappa shape index (κ3) is 4.42. The van der Waals surface area contributed by atoms with Crippen molar-refractivity contribution < 1.29 is 23.8 Å². The van der Waals surface area contributed by atoms with E-state index in [0.29, 0.717) is 41.2 Å². The predicted molar refractivity (Wildman–Crippen MR) is 98.5 cm³/mol. The van der Waals surface area contributed by atoms with Crippen molar-refractivity contribution in [2.75, 3.05) is 37.7 Å². The van der Waals surface area contributed by atoms with Crippen molar-refractivity contribution in [2.45, 2.75) is 12.8 Å². The number of ether oxygens (including phenoxy) is 1. The first kappa shape index (κ1) is 18.0. The third-order valence-corrected chi connectivity index (χ3v) is 5.23. The summed E-state index contributed by atoms with van der Waals surface area (Å²) in [5, 5.41) is 8.70. The number of carbonyl (C=O) groups excluding carboxylic acids is 1. The number of thiocarbonyl (C=S) groups is 1. The fourth-order valence-corrected chi connectivity index (χ4v) is 3.87. The van der Waals surface area contributed by atoms with Crippen molar-refractivity contribution in [1.82, 2.24) is 4.90 Å². The predicted octanol–water partition coefficient (Wildman–Crippen LogP) is 2.18. The van der Waals surface area contributed by atoms with E-state index in [-0.39, 0.29) is 12.3 Å². The summed E-state index contributed by atoms with van der Waals surface area (Å²) >= 11 is 6.43. The van der Waals surface area contributed by atoms with E-state index in [1.807, 2.05) is 12.1 Å². The first-order valence-electron chi connectivity index (χ1n) is 7.94. The molecule has 1 amide bonds. The first-order valence-corrected chi connectivity index (χ1v) is 9.17. The molecule has 2 aliphatic rings. The number of amides is 1. The van der Waals surface area contributed by atoms with Crippen LogP contribution in [0.5, 0.6) is 0 Å². The Morgan fingerprint density at radius 3 is 2.84 bits per heavy atom. The van der Waals surface area contributed by atoms with Crippen LogP contribution in [0.4, 0.5) is 5.88 Å². The third-order valence-electron chi connectivity index (χ3n) is 3.85. The van der Waals surface area contributed by atoms with Gasteiger partial charge in [0.2, 0.25) is 0 Å². The summed E-state index contributed by atoms with van der Waals surface area (Å²) < 4.78 is 11.6. The largest absolute Gasteiger partial charge is 0.481 e. The maximum Gasteiger partial charge on any atom is 0.303 e. The number of carboxylic acids is 1. The van der Waals surface area contributed by atoms with E-state index in [4.69, 9.17) is 26.5 Å². The molecule has 3 rings (SSSR count). The summed E-state index contributed by atoms with van der Waals surface area (Å²) in [4.78, 5) is 27.1. The smallest absolute Gasteiger partial charge is 0.303 e. The number of carbonyl (C=O) groups is 2. The van der Waals surface area contributed by atoms with Crippen molar-refractivity contribution in [3.05, 3.63) is 22.8 Å². The number of rotatable bonds is 6. The molecule has 2 aliphatic heterocycles. The lowest BCUT2D eigenvalue weighted by Gasteiger charge is -2.26. The SMILES string of the molecule is O=C(O)CCCN1C(=O)/C(=C/c2ccc(N3CCOCC3)o2)SC1=S. The standard InChI is InChI=1S/C16H18N2O5S2/c19-14(20)2-1-5-18-15(21)12(25-16(18)24)10-11-3-4-13(23-11)17-6-8-22-9-7-17/h3-4,10H,1-2,5-9H2,(H,19,20)/b12-10-. The molecule has 7 nitrogen and oxygen atoms in total. The molecule has 1 N–H and O–H groups in total. The number of hydrogen-bond acceptors (Lipinski definition) is 7. The molecule has 1 aromatic heterocycles. The monoisotopic (exact) mass is 382 g/mol. The summed E-state index contributed by atoms with van der Waals surface area (Å²) in [6, 6.07) is 3.70. The van der Waals surface area contributed by atoms with Gasteiger partial charge >= 0.3 is 5.97 Å². The van der Waals surface area contributed by atoms with E-state index >= 15 is 0 Å². The van der Waals surface area contributed by atoms with Gasteiger partial charge < -0.3 is 19.2 Å². The fourth-order valence-electron chi connectivity index (χ4n) is 2.58. The Morgan fingerprint density at radius 2 is 2.12 bits per heavy atom. The second-order valence-electron chi connectivity index (χ2n) is 5.61. The minimum absolute atomic E-state index is 0.0111. The molecule has 9 heteroatoms. The van der Waals surface area contributed by atoms with Crippen molar-refractivity contribution >= 4 is 52.1 Å². The molecule has 134 valence electrons. The Morgan fingerprint density at radius 1 is 1.36 bits per heavy atom. The van der Waals surface area contributed by atoms with Crippen LogP contribution >= 0.6 is 24.0 Å². The summed E-state index contributed by atoms with van der Waals surface area (Å²) in [6.07, 6.45) is 2.06. The normalized spacial score (nSPS) is 19.9. The Kier molecular flexibility index (Phi) is 5.77. The minimum Gasteiger partial charge on any atom is -0.481 e. The van der Waals surface area contributed by atoms with Crippen LogP contribution in [0, 0.1) is 0 Å². The molecule has 0 bridgehead atoms. The summed E-state index contributed by atoms with van der Waals surface area (Å²) in [5.74, 6) is 0.260. The minimum atomic E-state index is -0.882. The van der Waals surface area contributed by atoms with Gasteiger partial charge in [-0.25, -0.2) is 0 Å². The highest BCUT2D eigenvalue weighted by atomic mass is 32.2. The van der Waals surface area contributed by atoms with Gasteiger partial charge in [0.05, 0.1) is 18.1 Å². The van der Waals surface area contributed by atoms with Crippen molar-refractivity contribution in [3.63, 3.8) is 0 Å². The lowest BCUT2D eigenvalue weighted by Crippen LogP contribution is -2.35. The van der Waals surface area contributed by atoms with Crippen LogP contribution < -0.4 is 4.90 Å². The van der Waals surface area contributed by atoms with Crippen LogP contribution in [0.2, 0.25) is 0 Å². The van der Waals surface area contributed by atoms with Crippen LogP contribution in [0.15, 0.2) is 21.5 Å². The lowest BCUT2D eigenvalue weighted by molar-refractivity contribution is -0.137. The maximum atomic E-state index is 12.4. The molecular weight excluding hydrogens is 364 g/mol. The zero-order valence-corrected chi connectivity index (χ0v) is 15.1. The van der Waals surface area contributed by atoms with Crippen LogP contribution in [0.3, 0.4) is 0 Å². The van der Waals surface area contributed by atoms with E-state index < -0.39 is 5.97 Å². The van der Waals surface area contributed by atoms with Gasteiger partial charge in [0, 0.05) is 38.2 Å². The molecule has 0 unspecified atom stereocenters. The van der Waals surface area contributed by atoms with Crippen molar-refractivity contribution in [1.29, 1.82) is 0 Å². The number of carboxylic acid groups (broad SMARTS) is 1. The lowest BCUT2D eigenvalue weighted by atomic mass is 10.3. The van der Waals surface area contributed by atoms with Gasteiger partial charge in [-0.2, -0.15) is 0 Å². The molecule has 0 radical (unpaired) electrons. The zero-order chi connectivity index (χ0) is 17.8. The van der Waals surface area contributed by atoms with Gasteiger partial charge in [0.15, 0.2) is 5.88 Å². The average Bonchev–Trinajstić information content (AvgIpc) is 3.16. The Bertz CT molecular complexity index is 709. The van der Waals surface area contributed by atoms with Gasteiger partial charge in [0.25, 0.3) is 5.91 Å². The van der Waals surface area contributed by atoms with Crippen LogP contribution in [-0.2, 0) is 14.3 Å². The van der Waals surface area contributed by atoms with E-state index in [1.165, 1.54) is 16.7 Å². The highest BCUT2D eigenvalue weighted by Crippen LogP contribution is 2.33. The molecule has 0 aliphatic carbocycles. The molecule has 2 fully saturated rings. The Balaban J connectivity index is 1.65. The second kappa shape index (κ2) is 8.03. The van der Waals surface area contributed by atoms with Crippen molar-refractivity contribution in [3.8, 4) is 0 Å². The molecule has 0 saturated carbocycles. The number of aliphatic carboxylic acids is 1. The second-order valence-corrected chi connectivity index (χ2v) is 7.28. The molecule has 0 aromatic carbocycles. The van der Waals surface area contributed by atoms with Crippen LogP contribution in [0.1, 0.15) is 18.6 Å². The number of thioether (sulfide) groups is 1. The molecule has 0 atom stereocenters. The number of hydrogen-bond donors (Lipinski definition) is 1. The van der Waals surface area contributed by atoms with Gasteiger partial charge in [0.1, 0.15) is 10.1 Å². The highest BCUT2D eigenvalue weighted by molar-refractivity contribution is 8.26. The van der Waals surface area contributed by atoms with Crippen LogP contribution in [-0.4, -0.2) is 59.1 Å². The van der Waals surface area contributed by atoms with Gasteiger partial charge in [-0.15, -0.1) is 0 Å². The van der Waals surface area contributed by atoms with E-state index in [0.717, 1.165) is 19.0 Å². The summed E-state index contributed by atoms with van der Waals surface area (Å²) in [5.41, 5.74) is 0. The first-order chi connectivity index (χ1) is 12.0.